The molecular weight excluding hydrogens is 752 g/mol. The Bertz CT molecular complexity index is 1920. The Hall–Kier alpha value is -3.25. The molecule has 0 bridgehead atoms. The summed E-state index contributed by atoms with van der Waals surface area (Å²) in [6, 6.07) is 3.39. The molecule has 3 aromatic rings. The number of aliphatic hydroxyl groups is 1. The highest BCUT2D eigenvalue weighted by Gasteiger charge is 2.44. The van der Waals surface area contributed by atoms with Gasteiger partial charge in [0, 0.05) is 31.2 Å². The van der Waals surface area contributed by atoms with Crippen LogP contribution in [0.1, 0.15) is 90.5 Å². The van der Waals surface area contributed by atoms with E-state index in [1.165, 1.54) is 38.9 Å². The van der Waals surface area contributed by atoms with Gasteiger partial charge in [-0.2, -0.15) is 0 Å². The van der Waals surface area contributed by atoms with E-state index in [-0.39, 0.29) is 28.3 Å². The Kier molecular flexibility index (Phi) is 12.3. The van der Waals surface area contributed by atoms with Crippen molar-refractivity contribution >= 4 is 33.2 Å². The largest absolute Gasteiger partial charge is 0.490 e. The van der Waals surface area contributed by atoms with E-state index >= 15 is 4.39 Å². The van der Waals surface area contributed by atoms with E-state index in [4.69, 9.17) is 14.7 Å². The number of nitrogens with one attached hydrogen (secondary N) is 2. The maximum Gasteiger partial charge on any atom is 0.204 e. The van der Waals surface area contributed by atoms with Gasteiger partial charge in [-0.05, 0) is 76.4 Å². The van der Waals surface area contributed by atoms with Crippen molar-refractivity contribution < 1.29 is 40.2 Å². The zero-order valence-electron chi connectivity index (χ0n) is 30.8. The molecule has 3 heterocycles. The molecule has 54 heavy (non-hydrogen) atoms. The van der Waals surface area contributed by atoms with E-state index in [1.807, 2.05) is 4.90 Å². The lowest BCUT2D eigenvalue weighted by Crippen LogP contribution is -2.49. The number of hydrogen-bond acceptors (Lipinski definition) is 11. The second-order valence-corrected chi connectivity index (χ2v) is 18.3. The number of rotatable bonds is 10. The summed E-state index contributed by atoms with van der Waals surface area (Å²) in [5, 5.41) is 16.4. The average molecular weight is 799 g/mol. The number of aliphatic hydroxyl groups excluding tert-OH is 1. The first-order chi connectivity index (χ1) is 25.6. The van der Waals surface area contributed by atoms with Crippen molar-refractivity contribution in [2.24, 2.45) is 0 Å². The molecule has 0 spiro atoms. The van der Waals surface area contributed by atoms with Crippen LogP contribution >= 0.6 is 11.8 Å². The Morgan fingerprint density at radius 2 is 1.59 bits per heavy atom. The quantitative estimate of drug-likeness (QED) is 0.108. The third kappa shape index (κ3) is 8.15. The molecule has 3 unspecified atom stereocenters. The van der Waals surface area contributed by atoms with Crippen LogP contribution in [0.3, 0.4) is 0 Å². The van der Waals surface area contributed by atoms with Gasteiger partial charge in [0.1, 0.15) is 10.6 Å². The van der Waals surface area contributed by atoms with Gasteiger partial charge in [0.2, 0.25) is 5.75 Å². The Morgan fingerprint density at radius 3 is 2.19 bits per heavy atom. The number of β-amino-alcohol motifs (C(OH)–C–C–N with tert-alkyl or cyclic N) is 1. The fraction of sp³-hybridized carbons (Fsp3) is 0.568. The van der Waals surface area contributed by atoms with Crippen LogP contribution in [0.4, 0.5) is 33.6 Å². The van der Waals surface area contributed by atoms with E-state index in [1.54, 1.807) is 0 Å². The first-order valence-electron chi connectivity index (χ1n) is 18.4. The molecule has 1 aromatic heterocycles. The molecule has 17 heteroatoms. The fourth-order valence-electron chi connectivity index (χ4n) is 7.64. The Balaban J connectivity index is 1.33. The van der Waals surface area contributed by atoms with Crippen molar-refractivity contribution in [3.8, 4) is 5.75 Å². The molecule has 0 amide bonds. The zero-order valence-corrected chi connectivity index (χ0v) is 32.4. The second kappa shape index (κ2) is 16.5. The van der Waals surface area contributed by atoms with Crippen LogP contribution in [0.5, 0.6) is 5.75 Å². The molecule has 3 atom stereocenters. The molecule has 296 valence electrons. The fourth-order valence-corrected chi connectivity index (χ4v) is 9.94. The molecular formula is C37H47F5N6O4S2. The molecule has 1 saturated carbocycles. The van der Waals surface area contributed by atoms with Gasteiger partial charge in [-0.15, -0.1) is 0 Å². The maximum absolute atomic E-state index is 15.9. The van der Waals surface area contributed by atoms with Crippen LogP contribution in [0.25, 0.3) is 0 Å². The van der Waals surface area contributed by atoms with Crippen molar-refractivity contribution in [1.29, 1.82) is 0 Å². The average Bonchev–Trinajstić information content (AvgIpc) is 3.75. The van der Waals surface area contributed by atoms with E-state index < -0.39 is 60.2 Å². The molecule has 2 aromatic carbocycles. The summed E-state index contributed by atoms with van der Waals surface area (Å²) in [5.74, 6) is -7.11. The number of aromatic nitrogens is 2. The van der Waals surface area contributed by atoms with Crippen molar-refractivity contribution in [3.05, 3.63) is 58.9 Å². The maximum atomic E-state index is 15.9. The lowest BCUT2D eigenvalue weighted by molar-refractivity contribution is 0.109. The van der Waals surface area contributed by atoms with Gasteiger partial charge in [0.05, 0.1) is 34.7 Å². The predicted octanol–water partition coefficient (Wildman–Crippen LogP) is 7.45. The molecule has 2 saturated heterocycles. The first-order valence-corrected chi connectivity index (χ1v) is 20.7. The van der Waals surface area contributed by atoms with Gasteiger partial charge < -0.3 is 20.1 Å². The van der Waals surface area contributed by atoms with Crippen LogP contribution in [0.2, 0.25) is 0 Å². The highest BCUT2D eigenvalue weighted by atomic mass is 32.2. The Morgan fingerprint density at radius 1 is 0.944 bits per heavy atom. The number of nitrogens with zero attached hydrogens (tertiary/aromatic N) is 4. The summed E-state index contributed by atoms with van der Waals surface area (Å²) >= 11 is 0.823. The molecule has 3 fully saturated rings. The van der Waals surface area contributed by atoms with Gasteiger partial charge >= 0.3 is 0 Å². The van der Waals surface area contributed by atoms with E-state index in [2.05, 4.69) is 22.7 Å². The number of hydrazine groups is 1. The third-order valence-corrected chi connectivity index (χ3v) is 13.9. The monoisotopic (exact) mass is 798 g/mol. The number of halogens is 5. The van der Waals surface area contributed by atoms with E-state index in [0.29, 0.717) is 49.0 Å². The van der Waals surface area contributed by atoms with Crippen LogP contribution in [-0.4, -0.2) is 73.1 Å². The van der Waals surface area contributed by atoms with Crippen molar-refractivity contribution in [2.45, 2.75) is 129 Å². The normalized spacial score (nSPS) is 22.3. The minimum absolute atomic E-state index is 0.0107. The molecule has 6 rings (SSSR count). The van der Waals surface area contributed by atoms with Crippen LogP contribution < -0.4 is 20.4 Å². The van der Waals surface area contributed by atoms with Gasteiger partial charge in [-0.3, -0.25) is 5.43 Å². The summed E-state index contributed by atoms with van der Waals surface area (Å²) < 4.78 is 104. The third-order valence-electron chi connectivity index (χ3n) is 10.6. The molecule has 0 radical (unpaired) electrons. The van der Waals surface area contributed by atoms with Crippen molar-refractivity contribution in [1.82, 2.24) is 20.4 Å². The smallest absolute Gasteiger partial charge is 0.204 e. The number of anilines is 2. The van der Waals surface area contributed by atoms with Crippen LogP contribution in [0.15, 0.2) is 39.2 Å². The summed E-state index contributed by atoms with van der Waals surface area (Å²) in [7, 11) is -3.31. The van der Waals surface area contributed by atoms with Gasteiger partial charge in [-0.1, -0.05) is 38.5 Å². The zero-order chi connectivity index (χ0) is 38.9. The van der Waals surface area contributed by atoms with Gasteiger partial charge in [-0.25, -0.2) is 45.3 Å². The lowest BCUT2D eigenvalue weighted by Gasteiger charge is -2.34. The molecule has 2 aliphatic heterocycles. The predicted molar refractivity (Wildman–Crippen MR) is 196 cm³/mol. The molecule has 10 nitrogen and oxygen atoms in total. The summed E-state index contributed by atoms with van der Waals surface area (Å²) in [4.78, 5) is 10.6. The number of sulfone groups is 1. The highest BCUT2D eigenvalue weighted by Crippen LogP contribution is 2.42. The summed E-state index contributed by atoms with van der Waals surface area (Å²) in [6.45, 7) is 4.68. The molecule has 1 aliphatic carbocycles. The number of benzene rings is 2. The van der Waals surface area contributed by atoms with Crippen molar-refractivity contribution in [2.75, 3.05) is 30.4 Å². The number of hydrogen-bond donors (Lipinski definition) is 3. The molecule has 3 N–H and O–H groups in total. The Labute approximate surface area is 317 Å². The summed E-state index contributed by atoms with van der Waals surface area (Å²) in [6.07, 6.45) is 9.83. The summed E-state index contributed by atoms with van der Waals surface area (Å²) in [5.41, 5.74) is 2.31. The lowest BCUT2D eigenvalue weighted by atomic mass is 10.0. The van der Waals surface area contributed by atoms with Crippen LogP contribution in [-0.2, 0) is 14.6 Å². The minimum atomic E-state index is -4.82. The molecule has 3 aliphatic rings. The minimum Gasteiger partial charge on any atom is -0.490 e. The van der Waals surface area contributed by atoms with Gasteiger partial charge in [0.15, 0.2) is 49.9 Å². The van der Waals surface area contributed by atoms with Gasteiger partial charge in [0.25, 0.3) is 0 Å². The topological polar surface area (TPSA) is 120 Å². The van der Waals surface area contributed by atoms with Crippen LogP contribution in [0, 0.1) is 29.1 Å². The second-order valence-electron chi connectivity index (χ2n) is 14.8. The van der Waals surface area contributed by atoms with E-state index in [9.17, 15) is 31.1 Å². The number of ether oxygens (including phenoxy) is 1. The standard InChI is InChI=1S/C37H47F5N6O4S2/c1-21-17-29(48(46-21)22-11-9-7-5-6-8-10-12-22)43-34-33(52-4)35(47-16-15-23(49)20-47)45-36(44-34)53-28-14-13-24(18-25(28)38)54(50,51)37(2,3)30-31(41)26(39)19-27(40)32(30)42/h13-14,18-19,21-23,29,46,49H,5-12,15-17,20H2,1-4H3,(H,43,44,45). The van der Waals surface area contributed by atoms with E-state index in [0.717, 1.165) is 63.8 Å². The van der Waals surface area contributed by atoms with Crippen molar-refractivity contribution in [3.63, 3.8) is 0 Å². The first kappa shape index (κ1) is 40.4. The number of methoxy groups -OCH3 is 1. The highest BCUT2D eigenvalue weighted by molar-refractivity contribution is 7.99. The SMILES string of the molecule is COc1c(NC2CC(C)NN2C2CCCCCCCC2)nc(Sc2ccc(S(=O)(=O)C(C)(C)c3c(F)c(F)cc(F)c3F)cc2F)nc1N1CCC(O)C1.